The third-order valence-corrected chi connectivity index (χ3v) is 3.12. The Kier molecular flexibility index (Phi) is 3.29. The van der Waals surface area contributed by atoms with E-state index in [-0.39, 0.29) is 0 Å². The molecule has 0 atom stereocenters. The van der Waals surface area contributed by atoms with Crippen molar-refractivity contribution >= 4 is 0 Å². The lowest BCUT2D eigenvalue weighted by atomic mass is 10.4. The van der Waals surface area contributed by atoms with Crippen LogP contribution in [0.3, 0.4) is 0 Å². The molecule has 1 aliphatic rings. The van der Waals surface area contributed by atoms with Gasteiger partial charge in [-0.25, -0.2) is 9.97 Å². The lowest BCUT2D eigenvalue weighted by Crippen LogP contribution is -2.15. The molecule has 1 saturated carbocycles. The molecule has 0 spiro atoms. The average Bonchev–Trinajstić information content (AvgIpc) is 2.91. The minimum absolute atomic E-state index is 0.299. The van der Waals surface area contributed by atoms with E-state index < -0.39 is 6.55 Å². The predicted molar refractivity (Wildman–Crippen MR) is 64.7 cm³/mol. The molecule has 2 aromatic rings. The maximum absolute atomic E-state index is 12.7. The van der Waals surface area contributed by atoms with Gasteiger partial charge in [-0.2, -0.15) is 8.78 Å². The first-order chi connectivity index (χ1) is 9.22. The first-order valence-corrected chi connectivity index (χ1v) is 6.26. The van der Waals surface area contributed by atoms with E-state index >= 15 is 0 Å². The highest BCUT2D eigenvalue weighted by Gasteiger charge is 2.20. The Morgan fingerprint density at radius 2 is 2.21 bits per heavy atom. The van der Waals surface area contributed by atoms with Crippen LogP contribution < -0.4 is 5.32 Å². The quantitative estimate of drug-likeness (QED) is 0.867. The van der Waals surface area contributed by atoms with Gasteiger partial charge in [0.25, 0.3) is 0 Å². The monoisotopic (exact) mass is 267 g/mol. The number of aromatic nitrogens is 4. The van der Waals surface area contributed by atoms with Crippen LogP contribution in [-0.4, -0.2) is 25.1 Å². The molecule has 1 fully saturated rings. The maximum Gasteiger partial charge on any atom is 0.319 e. The first-order valence-electron chi connectivity index (χ1n) is 6.26. The minimum atomic E-state index is -2.56. The fourth-order valence-corrected chi connectivity index (χ4v) is 1.93. The first kappa shape index (κ1) is 12.3. The molecule has 5 nitrogen and oxygen atoms in total. The van der Waals surface area contributed by atoms with Crippen LogP contribution in [0.1, 0.15) is 30.9 Å². The van der Waals surface area contributed by atoms with Crippen LogP contribution in [0.15, 0.2) is 24.9 Å². The second kappa shape index (κ2) is 5.08. The summed E-state index contributed by atoms with van der Waals surface area (Å²) in [6.45, 7) is -1.54. The van der Waals surface area contributed by atoms with Crippen molar-refractivity contribution in [1.82, 2.24) is 24.4 Å². The molecular formula is C12H15F2N5. The minimum Gasteiger partial charge on any atom is -0.330 e. The molecule has 2 aromatic heterocycles. The molecule has 2 heterocycles. The van der Waals surface area contributed by atoms with Crippen LogP contribution in [0.4, 0.5) is 8.78 Å². The summed E-state index contributed by atoms with van der Waals surface area (Å²) in [7, 11) is 0. The van der Waals surface area contributed by atoms with Crippen LogP contribution in [0.5, 0.6) is 0 Å². The number of hydrogen-bond acceptors (Lipinski definition) is 3. The van der Waals surface area contributed by atoms with Crippen molar-refractivity contribution < 1.29 is 8.78 Å². The van der Waals surface area contributed by atoms with Crippen LogP contribution in [0.25, 0.3) is 0 Å². The summed E-state index contributed by atoms with van der Waals surface area (Å²) in [5.41, 5.74) is 0.919. The highest BCUT2D eigenvalue weighted by Crippen LogP contribution is 2.19. The SMILES string of the molecule is FC(F)n1ccnc1Cn1cnc(CNC2CC2)c1. The van der Waals surface area contributed by atoms with Crippen molar-refractivity contribution in [2.75, 3.05) is 0 Å². The molecule has 1 aliphatic carbocycles. The Bertz CT molecular complexity index is 544. The van der Waals surface area contributed by atoms with E-state index in [1.54, 1.807) is 10.9 Å². The molecule has 0 amide bonds. The summed E-state index contributed by atoms with van der Waals surface area (Å²) in [4.78, 5) is 8.19. The van der Waals surface area contributed by atoms with Crippen LogP contribution in [0.2, 0.25) is 0 Å². The van der Waals surface area contributed by atoms with Crippen molar-refractivity contribution in [3.05, 3.63) is 36.4 Å². The zero-order valence-electron chi connectivity index (χ0n) is 10.3. The van der Waals surface area contributed by atoms with E-state index in [9.17, 15) is 8.78 Å². The molecule has 3 rings (SSSR count). The maximum atomic E-state index is 12.7. The van der Waals surface area contributed by atoms with Crippen molar-refractivity contribution in [2.24, 2.45) is 0 Å². The molecule has 0 saturated heterocycles. The van der Waals surface area contributed by atoms with E-state index in [1.807, 2.05) is 6.20 Å². The molecule has 19 heavy (non-hydrogen) atoms. The fourth-order valence-electron chi connectivity index (χ4n) is 1.93. The molecule has 0 radical (unpaired) electrons. The predicted octanol–water partition coefficient (Wildman–Crippen LogP) is 1.77. The zero-order valence-corrected chi connectivity index (χ0v) is 10.3. The van der Waals surface area contributed by atoms with Crippen molar-refractivity contribution in [3.8, 4) is 0 Å². The largest absolute Gasteiger partial charge is 0.330 e. The van der Waals surface area contributed by atoms with Gasteiger partial charge in [0.15, 0.2) is 0 Å². The molecule has 102 valence electrons. The van der Waals surface area contributed by atoms with E-state index in [0.717, 1.165) is 16.8 Å². The Morgan fingerprint density at radius 3 is 2.95 bits per heavy atom. The van der Waals surface area contributed by atoms with Gasteiger partial charge < -0.3 is 9.88 Å². The van der Waals surface area contributed by atoms with Gasteiger partial charge in [0.1, 0.15) is 5.82 Å². The van der Waals surface area contributed by atoms with Crippen molar-refractivity contribution in [3.63, 3.8) is 0 Å². The molecule has 1 N–H and O–H groups in total. The van der Waals surface area contributed by atoms with E-state index in [1.165, 1.54) is 25.2 Å². The average molecular weight is 267 g/mol. The molecule has 0 bridgehead atoms. The van der Waals surface area contributed by atoms with Crippen LogP contribution >= 0.6 is 0 Å². The van der Waals surface area contributed by atoms with E-state index in [2.05, 4.69) is 15.3 Å². The standard InChI is InChI=1S/C12H15F2N5/c13-12(14)19-4-3-15-11(19)7-18-6-10(17-8-18)5-16-9-1-2-9/h3-4,6,8-9,12,16H,1-2,5,7H2. The zero-order chi connectivity index (χ0) is 13.2. The van der Waals surface area contributed by atoms with Gasteiger partial charge in [0, 0.05) is 31.2 Å². The highest BCUT2D eigenvalue weighted by atomic mass is 19.3. The summed E-state index contributed by atoms with van der Waals surface area (Å²) in [5, 5.41) is 3.36. The number of nitrogens with one attached hydrogen (secondary N) is 1. The smallest absolute Gasteiger partial charge is 0.319 e. The number of imidazole rings is 2. The second-order valence-corrected chi connectivity index (χ2v) is 4.72. The lowest BCUT2D eigenvalue weighted by Gasteiger charge is -2.06. The third-order valence-electron chi connectivity index (χ3n) is 3.12. The summed E-state index contributed by atoms with van der Waals surface area (Å²) in [6, 6.07) is 0.628. The fraction of sp³-hybridized carbons (Fsp3) is 0.500. The molecule has 0 aliphatic heterocycles. The van der Waals surface area contributed by atoms with Gasteiger partial charge >= 0.3 is 6.55 Å². The topological polar surface area (TPSA) is 47.7 Å². The number of halogens is 2. The lowest BCUT2D eigenvalue weighted by molar-refractivity contribution is 0.0667. The summed E-state index contributed by atoms with van der Waals surface area (Å²) >= 11 is 0. The van der Waals surface area contributed by atoms with E-state index in [4.69, 9.17) is 0 Å². The van der Waals surface area contributed by atoms with Gasteiger partial charge in [-0.1, -0.05) is 0 Å². The Morgan fingerprint density at radius 1 is 1.37 bits per heavy atom. The molecule has 0 unspecified atom stereocenters. The Balaban J connectivity index is 1.63. The molecule has 0 aromatic carbocycles. The van der Waals surface area contributed by atoms with Gasteiger partial charge in [-0.3, -0.25) is 4.57 Å². The Labute approximate surface area is 109 Å². The number of alkyl halides is 2. The summed E-state index contributed by atoms with van der Waals surface area (Å²) in [6.07, 6.45) is 8.63. The number of hydrogen-bond donors (Lipinski definition) is 1. The Hall–Kier alpha value is -1.76. The molecule has 7 heteroatoms. The van der Waals surface area contributed by atoms with Gasteiger partial charge in [0.05, 0.1) is 18.6 Å². The summed E-state index contributed by atoms with van der Waals surface area (Å²) < 4.78 is 28.0. The molecular weight excluding hydrogens is 252 g/mol. The van der Waals surface area contributed by atoms with Crippen LogP contribution in [0, 0.1) is 0 Å². The summed E-state index contributed by atoms with van der Waals surface area (Å²) in [5.74, 6) is 0.328. The van der Waals surface area contributed by atoms with Gasteiger partial charge in [-0.15, -0.1) is 0 Å². The normalized spacial score (nSPS) is 15.3. The van der Waals surface area contributed by atoms with Crippen molar-refractivity contribution in [1.29, 1.82) is 0 Å². The number of nitrogens with zero attached hydrogens (tertiary/aromatic N) is 4. The van der Waals surface area contributed by atoms with Gasteiger partial charge in [0.2, 0.25) is 0 Å². The number of rotatable bonds is 6. The van der Waals surface area contributed by atoms with E-state index in [0.29, 0.717) is 18.4 Å². The third kappa shape index (κ3) is 2.98. The van der Waals surface area contributed by atoms with Gasteiger partial charge in [-0.05, 0) is 12.8 Å². The van der Waals surface area contributed by atoms with Crippen molar-refractivity contribution in [2.45, 2.75) is 38.5 Å². The second-order valence-electron chi connectivity index (χ2n) is 4.72. The highest BCUT2D eigenvalue weighted by molar-refractivity contribution is 5.01. The van der Waals surface area contributed by atoms with Crippen LogP contribution in [-0.2, 0) is 13.1 Å².